The maximum absolute atomic E-state index is 10.4. The molecule has 0 spiro atoms. The van der Waals surface area contributed by atoms with E-state index in [0.29, 0.717) is 0 Å². The summed E-state index contributed by atoms with van der Waals surface area (Å²) >= 11 is -0.996. The van der Waals surface area contributed by atoms with Crippen LogP contribution in [0.3, 0.4) is 0 Å². The van der Waals surface area contributed by atoms with Gasteiger partial charge in [-0.2, -0.15) is 3.44 Å². The van der Waals surface area contributed by atoms with E-state index in [4.69, 9.17) is 8.54 Å². The maximum Gasteiger partial charge on any atom is 0.519 e. The zero-order valence-corrected chi connectivity index (χ0v) is 14.4. The Hall–Kier alpha value is -1.49. The van der Waals surface area contributed by atoms with Gasteiger partial charge in [-0.3, -0.25) is 0 Å². The van der Waals surface area contributed by atoms with Gasteiger partial charge in [-0.25, -0.2) is 13.2 Å². The summed E-state index contributed by atoms with van der Waals surface area (Å²) in [6.07, 6.45) is 0. The SMILES string of the molecule is Cc1ccc(S(=O)(=O)[O-])cc1.O=C(O)c1cccc([I+]O)c1. The smallest absolute Gasteiger partial charge is 0.519 e. The van der Waals surface area contributed by atoms with Crippen molar-refractivity contribution < 1.29 is 47.9 Å². The van der Waals surface area contributed by atoms with Crippen LogP contribution in [0.4, 0.5) is 0 Å². The molecule has 6 nitrogen and oxygen atoms in total. The van der Waals surface area contributed by atoms with Crippen LogP contribution >= 0.6 is 0 Å². The molecule has 0 amide bonds. The zero-order valence-electron chi connectivity index (χ0n) is 11.4. The quantitative estimate of drug-likeness (QED) is 0.445. The van der Waals surface area contributed by atoms with Crippen LogP contribution < -0.4 is 21.6 Å². The average molecular weight is 436 g/mol. The summed E-state index contributed by atoms with van der Waals surface area (Å²) in [7, 11) is -4.27. The fourth-order valence-electron chi connectivity index (χ4n) is 1.38. The molecule has 2 aromatic rings. The summed E-state index contributed by atoms with van der Waals surface area (Å²) in [6, 6.07) is 12.1. The van der Waals surface area contributed by atoms with Crippen molar-refractivity contribution in [3.63, 3.8) is 0 Å². The predicted molar refractivity (Wildman–Crippen MR) is 73.5 cm³/mol. The third kappa shape index (κ3) is 6.10. The summed E-state index contributed by atoms with van der Waals surface area (Å²) in [5.74, 6) is -0.954. The molecule has 2 N–H and O–H groups in total. The Morgan fingerprint density at radius 3 is 2.18 bits per heavy atom. The molecule has 0 saturated carbocycles. The Balaban J connectivity index is 0.000000220. The van der Waals surface area contributed by atoms with E-state index in [9.17, 15) is 17.8 Å². The molecule has 0 unspecified atom stereocenters. The molecule has 0 fully saturated rings. The molecule has 2 aromatic carbocycles. The van der Waals surface area contributed by atoms with Crippen LogP contribution in [0, 0.1) is 10.5 Å². The van der Waals surface area contributed by atoms with Gasteiger partial charge in [0.05, 0.1) is 10.5 Å². The maximum atomic E-state index is 10.4. The molecule has 0 aliphatic carbocycles. The van der Waals surface area contributed by atoms with Crippen molar-refractivity contribution in [1.82, 2.24) is 0 Å². The standard InChI is InChI=1S/C7H5IO3.C7H8O3S/c9-7(10)5-2-1-3-6(4-5)8-11;1-6-2-4-7(5-3-6)11(8,9)10/h1-4,11H;2-5H,1H3,(H,8,9,10). The lowest BCUT2D eigenvalue weighted by atomic mass is 10.2. The second-order valence-corrected chi connectivity index (χ2v) is 7.27. The lowest BCUT2D eigenvalue weighted by molar-refractivity contribution is -0.866. The van der Waals surface area contributed by atoms with Gasteiger partial charge in [-0.05, 0) is 31.2 Å². The number of aromatic carboxylic acids is 1. The Bertz CT molecular complexity index is 740. The molecule has 0 radical (unpaired) electrons. The Morgan fingerprint density at radius 1 is 1.14 bits per heavy atom. The fraction of sp³-hybridized carbons (Fsp3) is 0.0714. The minimum absolute atomic E-state index is 0.178. The number of carboxylic acid groups (broad SMARTS) is 1. The molecule has 0 aromatic heterocycles. The van der Waals surface area contributed by atoms with Gasteiger partial charge in [-0.15, -0.1) is 0 Å². The molecule has 0 saturated heterocycles. The van der Waals surface area contributed by atoms with Gasteiger partial charge in [0.1, 0.15) is 10.1 Å². The average Bonchev–Trinajstić information content (AvgIpc) is 2.47. The predicted octanol–water partition coefficient (Wildman–Crippen LogP) is -1.55. The molecule has 0 heterocycles. The van der Waals surface area contributed by atoms with Crippen molar-refractivity contribution in [1.29, 1.82) is 0 Å². The van der Waals surface area contributed by atoms with Gasteiger partial charge < -0.3 is 9.66 Å². The summed E-state index contributed by atoms with van der Waals surface area (Å²) in [5.41, 5.74) is 1.16. The first-order valence-corrected chi connectivity index (χ1v) is 9.33. The molecule has 8 heteroatoms. The number of carbonyl (C=O) groups is 1. The molecule has 0 atom stereocenters. The lowest BCUT2D eigenvalue weighted by Gasteiger charge is -2.05. The van der Waals surface area contributed by atoms with Crippen molar-refractivity contribution in [2.24, 2.45) is 0 Å². The number of aryl methyl sites for hydroxylation is 1. The van der Waals surface area contributed by atoms with E-state index in [2.05, 4.69) is 0 Å². The number of rotatable bonds is 3. The minimum atomic E-state index is -4.27. The number of carboxylic acids is 1. The molecule has 118 valence electrons. The number of hydrogen-bond donors (Lipinski definition) is 2. The summed E-state index contributed by atoms with van der Waals surface area (Å²) < 4.78 is 40.7. The van der Waals surface area contributed by atoms with Gasteiger partial charge >= 0.3 is 27.6 Å². The molecule has 22 heavy (non-hydrogen) atoms. The Kier molecular flexibility index (Phi) is 6.94. The highest BCUT2D eigenvalue weighted by Gasteiger charge is 2.11. The van der Waals surface area contributed by atoms with Crippen LogP contribution in [0.25, 0.3) is 0 Å². The molecular weight excluding hydrogens is 423 g/mol. The highest BCUT2D eigenvalue weighted by atomic mass is 127. The largest absolute Gasteiger partial charge is 0.744 e. The molecule has 0 bridgehead atoms. The van der Waals surface area contributed by atoms with E-state index in [0.717, 1.165) is 9.13 Å². The molecule has 0 aliphatic rings. The number of hydrogen-bond acceptors (Lipinski definition) is 5. The first-order chi connectivity index (χ1) is 10.2. The van der Waals surface area contributed by atoms with Crippen molar-refractivity contribution >= 4 is 16.1 Å². The van der Waals surface area contributed by atoms with Crippen LogP contribution in [0.5, 0.6) is 0 Å². The van der Waals surface area contributed by atoms with Crippen molar-refractivity contribution in [2.45, 2.75) is 11.8 Å². The Morgan fingerprint density at radius 2 is 1.73 bits per heavy atom. The van der Waals surface area contributed by atoms with E-state index in [-0.39, 0.29) is 10.5 Å². The van der Waals surface area contributed by atoms with Crippen molar-refractivity contribution in [3.8, 4) is 0 Å². The van der Waals surface area contributed by atoms with E-state index >= 15 is 0 Å². The van der Waals surface area contributed by atoms with E-state index in [1.54, 1.807) is 24.3 Å². The van der Waals surface area contributed by atoms with Gasteiger partial charge in [0.25, 0.3) is 0 Å². The molecule has 2 rings (SSSR count). The van der Waals surface area contributed by atoms with Crippen LogP contribution in [-0.2, 0) is 10.1 Å². The topological polar surface area (TPSA) is 115 Å². The minimum Gasteiger partial charge on any atom is -0.744 e. The highest BCUT2D eigenvalue weighted by molar-refractivity contribution is 7.85. The third-order valence-electron chi connectivity index (χ3n) is 2.48. The Labute approximate surface area is 139 Å². The summed E-state index contributed by atoms with van der Waals surface area (Å²) in [5, 5.41) is 8.54. The molecular formula is C14H13IO6S. The van der Waals surface area contributed by atoms with Crippen LogP contribution in [-0.4, -0.2) is 27.5 Å². The first kappa shape index (κ1) is 18.6. The van der Waals surface area contributed by atoms with Crippen molar-refractivity contribution in [2.75, 3.05) is 0 Å². The summed E-state index contributed by atoms with van der Waals surface area (Å²) in [6.45, 7) is 1.82. The lowest BCUT2D eigenvalue weighted by Crippen LogP contribution is -3.61. The van der Waals surface area contributed by atoms with Crippen molar-refractivity contribution in [3.05, 3.63) is 63.2 Å². The van der Waals surface area contributed by atoms with Gasteiger partial charge in [0, 0.05) is 6.07 Å². The molecule has 0 aliphatic heterocycles. The van der Waals surface area contributed by atoms with Gasteiger partial charge in [0.2, 0.25) is 3.57 Å². The first-order valence-electron chi connectivity index (χ1n) is 5.88. The van der Waals surface area contributed by atoms with Crippen LogP contribution in [0.1, 0.15) is 15.9 Å². The van der Waals surface area contributed by atoms with E-state index in [1.807, 2.05) is 6.92 Å². The van der Waals surface area contributed by atoms with E-state index in [1.165, 1.54) is 24.3 Å². The second-order valence-electron chi connectivity index (χ2n) is 4.17. The van der Waals surface area contributed by atoms with Gasteiger partial charge in [-0.1, -0.05) is 23.8 Å². The normalized spacial score (nSPS) is 10.5. The monoisotopic (exact) mass is 436 g/mol. The number of halogens is 1. The number of benzene rings is 2. The fourth-order valence-corrected chi connectivity index (χ4v) is 2.69. The van der Waals surface area contributed by atoms with Crippen LogP contribution in [0.2, 0.25) is 0 Å². The third-order valence-corrected chi connectivity index (χ3v) is 4.56. The second kappa shape index (κ2) is 8.22. The highest BCUT2D eigenvalue weighted by Crippen LogP contribution is 2.08. The van der Waals surface area contributed by atoms with E-state index < -0.39 is 37.7 Å². The zero-order chi connectivity index (χ0) is 16.8. The van der Waals surface area contributed by atoms with Gasteiger partial charge in [0.15, 0.2) is 0 Å². The summed E-state index contributed by atoms with van der Waals surface area (Å²) in [4.78, 5) is 10.2. The van der Waals surface area contributed by atoms with Crippen LogP contribution in [0.15, 0.2) is 53.4 Å².